The third-order valence-corrected chi connectivity index (χ3v) is 5.29. The molecule has 144 valence electrons. The van der Waals surface area contributed by atoms with Crippen molar-refractivity contribution >= 4 is 17.5 Å². The van der Waals surface area contributed by atoms with Crippen molar-refractivity contribution in [2.45, 2.75) is 25.9 Å². The summed E-state index contributed by atoms with van der Waals surface area (Å²) in [5.74, 6) is -0.170. The summed E-state index contributed by atoms with van der Waals surface area (Å²) in [5.41, 5.74) is 3.01. The Balaban J connectivity index is 1.39. The van der Waals surface area contributed by atoms with E-state index >= 15 is 0 Å². The Morgan fingerprint density at radius 1 is 1.21 bits per heavy atom. The van der Waals surface area contributed by atoms with E-state index in [0.717, 1.165) is 31.7 Å². The molecule has 0 spiro atoms. The van der Waals surface area contributed by atoms with Crippen molar-refractivity contribution in [3.63, 3.8) is 0 Å². The van der Waals surface area contributed by atoms with Gasteiger partial charge in [-0.1, -0.05) is 48.0 Å². The van der Waals surface area contributed by atoms with Gasteiger partial charge < -0.3 is 10.2 Å². The highest BCUT2D eigenvalue weighted by Gasteiger charge is 2.29. The van der Waals surface area contributed by atoms with Gasteiger partial charge in [-0.25, -0.2) is 0 Å². The molecule has 1 aromatic heterocycles. The Morgan fingerprint density at radius 2 is 2.04 bits per heavy atom. The van der Waals surface area contributed by atoms with E-state index in [9.17, 15) is 4.79 Å². The summed E-state index contributed by atoms with van der Waals surface area (Å²) in [6, 6.07) is 17.9. The van der Waals surface area contributed by atoms with E-state index in [2.05, 4.69) is 39.8 Å². The predicted octanol–water partition coefficient (Wildman–Crippen LogP) is 1.82. The molecule has 1 saturated heterocycles. The molecule has 0 radical (unpaired) electrons. The molecule has 6 nitrogen and oxygen atoms in total. The molecule has 2 N–H and O–H groups in total. The van der Waals surface area contributed by atoms with Crippen molar-refractivity contribution in [1.29, 1.82) is 0 Å². The maximum Gasteiger partial charge on any atom is 0.274 e. The first kappa shape index (κ1) is 18.7. The Hall–Kier alpha value is -2.70. The van der Waals surface area contributed by atoms with Crippen LogP contribution in [0.2, 0.25) is 5.02 Å². The smallest absolute Gasteiger partial charge is 0.274 e. The number of benzene rings is 2. The van der Waals surface area contributed by atoms with Gasteiger partial charge in [0.2, 0.25) is 0 Å². The van der Waals surface area contributed by atoms with Crippen molar-refractivity contribution < 1.29 is 9.69 Å². The highest BCUT2D eigenvalue weighted by atomic mass is 35.5. The average Bonchev–Trinajstić information content (AvgIpc) is 3.29. The maximum absolute atomic E-state index is 12.7. The zero-order chi connectivity index (χ0) is 19.5. The zero-order valence-electron chi connectivity index (χ0n) is 15.7. The molecule has 2 aromatic carbocycles. The average molecular weight is 397 g/mol. The van der Waals surface area contributed by atoms with Gasteiger partial charge in [-0.15, -0.1) is 5.10 Å². The van der Waals surface area contributed by atoms with E-state index in [1.54, 1.807) is 19.1 Å². The molecule has 7 heteroatoms. The molecule has 28 heavy (non-hydrogen) atoms. The summed E-state index contributed by atoms with van der Waals surface area (Å²) in [6.07, 6.45) is 0.968. The lowest BCUT2D eigenvalue weighted by Crippen LogP contribution is -3.09. The Morgan fingerprint density at radius 3 is 2.82 bits per heavy atom. The molecule has 0 aliphatic carbocycles. The van der Waals surface area contributed by atoms with Crippen molar-refractivity contribution in [1.82, 2.24) is 20.3 Å². The van der Waals surface area contributed by atoms with Gasteiger partial charge in [0, 0.05) is 17.0 Å². The van der Waals surface area contributed by atoms with E-state index in [-0.39, 0.29) is 11.9 Å². The number of rotatable bonds is 5. The van der Waals surface area contributed by atoms with Crippen LogP contribution in [0.5, 0.6) is 0 Å². The van der Waals surface area contributed by atoms with Crippen LogP contribution in [-0.4, -0.2) is 40.0 Å². The molecule has 3 aromatic rings. The molecule has 1 amide bonds. The van der Waals surface area contributed by atoms with Crippen molar-refractivity contribution in [3.05, 3.63) is 76.6 Å². The molecular formula is C21H23ClN5O+. The molecule has 2 atom stereocenters. The lowest BCUT2D eigenvalue weighted by molar-refractivity contribution is -0.901. The van der Waals surface area contributed by atoms with Crippen LogP contribution in [0, 0.1) is 6.92 Å². The largest absolute Gasteiger partial charge is 0.342 e. The number of nitrogens with one attached hydrogen (secondary N) is 2. The van der Waals surface area contributed by atoms with E-state index in [4.69, 9.17) is 11.6 Å². The molecular weight excluding hydrogens is 374 g/mol. The number of hydrogen-bond acceptors (Lipinski definition) is 3. The van der Waals surface area contributed by atoms with Crippen molar-refractivity contribution in [3.8, 4) is 5.69 Å². The minimum absolute atomic E-state index is 0.155. The van der Waals surface area contributed by atoms with Gasteiger partial charge in [-0.05, 0) is 25.1 Å². The van der Waals surface area contributed by atoms with Gasteiger partial charge in [0.15, 0.2) is 5.69 Å². The lowest BCUT2D eigenvalue weighted by atomic mass is 10.2. The first-order chi connectivity index (χ1) is 13.6. The van der Waals surface area contributed by atoms with Crippen LogP contribution in [0.15, 0.2) is 54.6 Å². The second-order valence-corrected chi connectivity index (χ2v) is 7.67. The Bertz CT molecular complexity index is 972. The van der Waals surface area contributed by atoms with Crippen LogP contribution in [0.1, 0.15) is 28.2 Å². The summed E-state index contributed by atoms with van der Waals surface area (Å²) in [5, 5.41) is 12.5. The third-order valence-electron chi connectivity index (χ3n) is 5.05. The number of nitrogens with zero attached hydrogens (tertiary/aromatic N) is 3. The SMILES string of the molecule is Cc1nn(-c2cccc(Cl)c2)nc1C(=O)N[C@@H]1CC[NH+](Cc2ccccc2)C1. The first-order valence-corrected chi connectivity index (χ1v) is 9.84. The van der Waals surface area contributed by atoms with Crippen LogP contribution in [-0.2, 0) is 6.54 Å². The molecule has 0 saturated carbocycles. The van der Waals surface area contributed by atoms with E-state index < -0.39 is 0 Å². The van der Waals surface area contributed by atoms with Gasteiger partial charge in [-0.2, -0.15) is 9.90 Å². The fourth-order valence-corrected chi connectivity index (χ4v) is 3.84. The highest BCUT2D eigenvalue weighted by molar-refractivity contribution is 6.30. The van der Waals surface area contributed by atoms with Gasteiger partial charge in [0.25, 0.3) is 5.91 Å². The van der Waals surface area contributed by atoms with Gasteiger partial charge in [-0.3, -0.25) is 4.79 Å². The molecule has 2 heterocycles. The number of carbonyl (C=O) groups excluding carboxylic acids is 1. The van der Waals surface area contributed by atoms with E-state index in [0.29, 0.717) is 16.4 Å². The van der Waals surface area contributed by atoms with Crippen LogP contribution < -0.4 is 10.2 Å². The fourth-order valence-electron chi connectivity index (χ4n) is 3.66. The maximum atomic E-state index is 12.7. The number of amides is 1. The summed E-state index contributed by atoms with van der Waals surface area (Å²) in [7, 11) is 0. The number of likely N-dealkylation sites (tertiary alicyclic amines) is 1. The van der Waals surface area contributed by atoms with Gasteiger partial charge in [0.05, 0.1) is 30.5 Å². The quantitative estimate of drug-likeness (QED) is 0.691. The third kappa shape index (κ3) is 4.24. The highest BCUT2D eigenvalue weighted by Crippen LogP contribution is 2.14. The van der Waals surface area contributed by atoms with Gasteiger partial charge in [0.1, 0.15) is 6.54 Å². The van der Waals surface area contributed by atoms with Crippen LogP contribution in [0.25, 0.3) is 5.69 Å². The number of hydrogen-bond donors (Lipinski definition) is 2. The monoisotopic (exact) mass is 396 g/mol. The number of aromatic nitrogens is 3. The molecule has 1 aliphatic heterocycles. The number of quaternary nitrogens is 1. The summed E-state index contributed by atoms with van der Waals surface area (Å²) in [4.78, 5) is 15.7. The number of carbonyl (C=O) groups is 1. The molecule has 1 fully saturated rings. The second-order valence-electron chi connectivity index (χ2n) is 7.23. The van der Waals surface area contributed by atoms with Crippen molar-refractivity contribution in [2.24, 2.45) is 0 Å². The summed E-state index contributed by atoms with van der Waals surface area (Å²) in [6.45, 7) is 4.75. The standard InChI is InChI=1S/C21H22ClN5O/c1-15-20(25-27(24-15)19-9-5-8-17(22)12-19)21(28)23-18-10-11-26(14-18)13-16-6-3-2-4-7-16/h2-9,12,18H,10-11,13-14H2,1H3,(H,23,28)/p+1/t18-/m1/s1. The molecule has 0 bridgehead atoms. The summed E-state index contributed by atoms with van der Waals surface area (Å²) < 4.78 is 0. The lowest BCUT2D eigenvalue weighted by Gasteiger charge is -2.14. The normalized spacial score (nSPS) is 18.9. The Labute approximate surface area is 169 Å². The number of halogens is 1. The van der Waals surface area contributed by atoms with E-state index in [1.807, 2.05) is 18.2 Å². The zero-order valence-corrected chi connectivity index (χ0v) is 16.5. The fraction of sp³-hybridized carbons (Fsp3) is 0.286. The van der Waals surface area contributed by atoms with Crippen LogP contribution in [0.3, 0.4) is 0 Å². The number of aryl methyl sites for hydroxylation is 1. The minimum Gasteiger partial charge on any atom is -0.342 e. The summed E-state index contributed by atoms with van der Waals surface area (Å²) >= 11 is 6.04. The Kier molecular flexibility index (Phi) is 5.41. The van der Waals surface area contributed by atoms with Gasteiger partial charge >= 0.3 is 0 Å². The topological polar surface area (TPSA) is 64.2 Å². The predicted molar refractivity (Wildman–Crippen MR) is 108 cm³/mol. The van der Waals surface area contributed by atoms with Crippen LogP contribution in [0.4, 0.5) is 0 Å². The first-order valence-electron chi connectivity index (χ1n) is 9.47. The van der Waals surface area contributed by atoms with Crippen molar-refractivity contribution in [2.75, 3.05) is 13.1 Å². The van der Waals surface area contributed by atoms with Crippen LogP contribution >= 0.6 is 11.6 Å². The second kappa shape index (κ2) is 8.12. The molecule has 1 aliphatic rings. The minimum atomic E-state index is -0.170. The molecule has 4 rings (SSSR count). The van der Waals surface area contributed by atoms with E-state index in [1.165, 1.54) is 15.3 Å². The molecule has 1 unspecified atom stereocenters.